The Balaban J connectivity index is 1.19. The summed E-state index contributed by atoms with van der Waals surface area (Å²) in [7, 11) is 0. The highest BCUT2D eigenvalue weighted by Crippen LogP contribution is 2.26. The number of rotatable bonds is 6. The third kappa shape index (κ3) is 4.85. The van der Waals surface area contributed by atoms with Gasteiger partial charge in [-0.05, 0) is 29.3 Å². The molecule has 0 aliphatic carbocycles. The van der Waals surface area contributed by atoms with Crippen LogP contribution in [-0.2, 0) is 17.8 Å². The number of amides is 1. The highest BCUT2D eigenvalue weighted by molar-refractivity contribution is 6.33. The lowest BCUT2D eigenvalue weighted by molar-refractivity contribution is -0.116. The van der Waals surface area contributed by atoms with Crippen molar-refractivity contribution in [2.24, 2.45) is 0 Å². The van der Waals surface area contributed by atoms with Crippen molar-refractivity contribution in [3.8, 4) is 5.75 Å². The number of carbonyl (C=O) groups is 1. The van der Waals surface area contributed by atoms with Crippen LogP contribution < -0.4 is 10.1 Å². The van der Waals surface area contributed by atoms with Gasteiger partial charge >= 0.3 is 0 Å². The van der Waals surface area contributed by atoms with Crippen molar-refractivity contribution >= 4 is 23.2 Å². The Hall–Kier alpha value is -2.08. The lowest BCUT2D eigenvalue weighted by Crippen LogP contribution is -2.46. The van der Waals surface area contributed by atoms with Crippen molar-refractivity contribution in [2.45, 2.75) is 19.4 Å². The molecule has 2 heterocycles. The van der Waals surface area contributed by atoms with Gasteiger partial charge in [0.2, 0.25) is 5.91 Å². The Kier molecular flexibility index (Phi) is 6.15. The number of anilines is 1. The Morgan fingerprint density at radius 1 is 1.07 bits per heavy atom. The largest absolute Gasteiger partial charge is 0.493 e. The number of halogens is 1. The van der Waals surface area contributed by atoms with E-state index >= 15 is 0 Å². The van der Waals surface area contributed by atoms with Crippen LogP contribution in [-0.4, -0.2) is 55.0 Å². The Morgan fingerprint density at radius 2 is 1.86 bits per heavy atom. The molecule has 0 bridgehead atoms. The van der Waals surface area contributed by atoms with Crippen LogP contribution in [0.25, 0.3) is 0 Å². The second-order valence-electron chi connectivity index (χ2n) is 7.44. The molecular weight excluding hydrogens is 374 g/mol. The molecule has 6 heteroatoms. The fourth-order valence-corrected chi connectivity index (χ4v) is 3.99. The first-order chi connectivity index (χ1) is 13.7. The van der Waals surface area contributed by atoms with E-state index in [9.17, 15) is 4.79 Å². The summed E-state index contributed by atoms with van der Waals surface area (Å²) in [6, 6.07) is 13.9. The minimum atomic E-state index is 0.0101. The van der Waals surface area contributed by atoms with Gasteiger partial charge in [0.05, 0.1) is 17.3 Å². The smallest absolute Gasteiger partial charge is 0.225 e. The van der Waals surface area contributed by atoms with Crippen LogP contribution in [0.3, 0.4) is 0 Å². The SMILES string of the molecule is O=C(CCN1CCN(Cc2ccc3c(c2)CCO3)CC1)Nc1ccccc1Cl. The van der Waals surface area contributed by atoms with Gasteiger partial charge in [-0.15, -0.1) is 0 Å². The zero-order valence-corrected chi connectivity index (χ0v) is 16.8. The first-order valence-corrected chi connectivity index (χ1v) is 10.3. The fraction of sp³-hybridized carbons (Fsp3) is 0.409. The summed E-state index contributed by atoms with van der Waals surface area (Å²) in [6.07, 6.45) is 1.50. The van der Waals surface area contributed by atoms with Gasteiger partial charge in [-0.3, -0.25) is 9.69 Å². The van der Waals surface area contributed by atoms with Crippen LogP contribution in [0.15, 0.2) is 42.5 Å². The van der Waals surface area contributed by atoms with Crippen LogP contribution in [0, 0.1) is 0 Å². The zero-order valence-electron chi connectivity index (χ0n) is 16.0. The molecule has 0 radical (unpaired) electrons. The molecule has 2 aromatic rings. The fourth-order valence-electron chi connectivity index (χ4n) is 3.80. The summed E-state index contributed by atoms with van der Waals surface area (Å²) in [5.41, 5.74) is 3.37. The molecule has 5 nitrogen and oxygen atoms in total. The molecule has 0 spiro atoms. The number of para-hydroxylation sites is 1. The maximum absolute atomic E-state index is 12.2. The van der Waals surface area contributed by atoms with Gasteiger partial charge in [-0.1, -0.05) is 35.9 Å². The van der Waals surface area contributed by atoms with E-state index in [-0.39, 0.29) is 5.91 Å². The molecule has 1 N–H and O–H groups in total. The lowest BCUT2D eigenvalue weighted by atomic mass is 10.1. The number of fused-ring (bicyclic) bond motifs is 1. The van der Waals surface area contributed by atoms with E-state index in [1.54, 1.807) is 6.07 Å². The van der Waals surface area contributed by atoms with Crippen LogP contribution in [0.1, 0.15) is 17.5 Å². The number of benzene rings is 2. The van der Waals surface area contributed by atoms with Crippen molar-refractivity contribution in [1.29, 1.82) is 0 Å². The Bertz CT molecular complexity index is 834. The van der Waals surface area contributed by atoms with Gasteiger partial charge in [0, 0.05) is 52.1 Å². The van der Waals surface area contributed by atoms with Crippen LogP contribution >= 0.6 is 11.6 Å². The molecule has 1 amide bonds. The summed E-state index contributed by atoms with van der Waals surface area (Å²) in [5.74, 6) is 1.06. The van der Waals surface area contributed by atoms with Crippen LogP contribution in [0.4, 0.5) is 5.69 Å². The van der Waals surface area contributed by atoms with E-state index in [2.05, 4.69) is 33.3 Å². The van der Waals surface area contributed by atoms with Crippen LogP contribution in [0.2, 0.25) is 5.02 Å². The molecule has 0 aromatic heterocycles. The summed E-state index contributed by atoms with van der Waals surface area (Å²) >= 11 is 6.09. The molecule has 0 atom stereocenters. The second kappa shape index (κ2) is 8.95. The molecule has 1 fully saturated rings. The van der Waals surface area contributed by atoms with Crippen molar-refractivity contribution in [3.63, 3.8) is 0 Å². The van der Waals surface area contributed by atoms with Gasteiger partial charge in [-0.25, -0.2) is 0 Å². The standard InChI is InChI=1S/C22H26ClN3O2/c23-19-3-1-2-4-20(19)24-22(27)7-9-25-10-12-26(13-11-25)16-17-5-6-21-18(15-17)8-14-28-21/h1-6,15H,7-14,16H2,(H,24,27). The predicted molar refractivity (Wildman–Crippen MR) is 112 cm³/mol. The maximum atomic E-state index is 12.2. The zero-order chi connectivity index (χ0) is 19.3. The normalized spacial score (nSPS) is 17.2. The van der Waals surface area contributed by atoms with E-state index in [0.29, 0.717) is 17.1 Å². The molecule has 0 saturated carbocycles. The monoisotopic (exact) mass is 399 g/mol. The molecule has 2 aliphatic heterocycles. The van der Waals surface area contributed by atoms with Crippen molar-refractivity contribution < 1.29 is 9.53 Å². The van der Waals surface area contributed by atoms with E-state index in [1.165, 1.54) is 11.1 Å². The summed E-state index contributed by atoms with van der Waals surface area (Å²) < 4.78 is 5.59. The van der Waals surface area contributed by atoms with E-state index in [1.807, 2.05) is 18.2 Å². The summed E-state index contributed by atoms with van der Waals surface area (Å²) in [5, 5.41) is 3.47. The van der Waals surface area contributed by atoms with Crippen molar-refractivity contribution in [2.75, 3.05) is 44.6 Å². The molecule has 2 aromatic carbocycles. The highest BCUT2D eigenvalue weighted by atomic mass is 35.5. The van der Waals surface area contributed by atoms with E-state index in [0.717, 1.165) is 58.0 Å². The average molecular weight is 400 g/mol. The molecule has 2 aliphatic rings. The quantitative estimate of drug-likeness (QED) is 0.808. The third-order valence-electron chi connectivity index (χ3n) is 5.43. The second-order valence-corrected chi connectivity index (χ2v) is 7.84. The minimum Gasteiger partial charge on any atom is -0.493 e. The predicted octanol–water partition coefficient (Wildman–Crippen LogP) is 3.42. The molecular formula is C22H26ClN3O2. The molecule has 1 saturated heterocycles. The number of nitrogens with zero attached hydrogens (tertiary/aromatic N) is 2. The lowest BCUT2D eigenvalue weighted by Gasteiger charge is -2.34. The van der Waals surface area contributed by atoms with Gasteiger partial charge in [0.25, 0.3) is 0 Å². The Morgan fingerprint density at radius 3 is 2.68 bits per heavy atom. The summed E-state index contributed by atoms with van der Waals surface area (Å²) in [4.78, 5) is 17.0. The van der Waals surface area contributed by atoms with Gasteiger partial charge in [0.1, 0.15) is 5.75 Å². The van der Waals surface area contributed by atoms with E-state index in [4.69, 9.17) is 16.3 Å². The highest BCUT2D eigenvalue weighted by Gasteiger charge is 2.19. The molecule has 148 valence electrons. The first-order valence-electron chi connectivity index (χ1n) is 9.91. The minimum absolute atomic E-state index is 0.0101. The van der Waals surface area contributed by atoms with E-state index < -0.39 is 0 Å². The average Bonchev–Trinajstić information content (AvgIpc) is 3.17. The number of piperazine rings is 1. The Labute approximate surface area is 171 Å². The molecule has 0 unspecified atom stereocenters. The van der Waals surface area contributed by atoms with Crippen molar-refractivity contribution in [3.05, 3.63) is 58.6 Å². The maximum Gasteiger partial charge on any atom is 0.225 e. The number of hydrogen-bond donors (Lipinski definition) is 1. The molecule has 28 heavy (non-hydrogen) atoms. The van der Waals surface area contributed by atoms with Gasteiger partial charge in [0.15, 0.2) is 0 Å². The van der Waals surface area contributed by atoms with Crippen LogP contribution in [0.5, 0.6) is 5.75 Å². The number of hydrogen-bond acceptors (Lipinski definition) is 4. The first kappa shape index (κ1) is 19.2. The summed E-state index contributed by atoms with van der Waals surface area (Å²) in [6.45, 7) is 6.61. The topological polar surface area (TPSA) is 44.8 Å². The number of ether oxygens (including phenoxy) is 1. The van der Waals surface area contributed by atoms with Crippen molar-refractivity contribution in [1.82, 2.24) is 9.80 Å². The van der Waals surface area contributed by atoms with Gasteiger partial charge in [-0.2, -0.15) is 0 Å². The van der Waals surface area contributed by atoms with Gasteiger partial charge < -0.3 is 15.0 Å². The third-order valence-corrected chi connectivity index (χ3v) is 5.76. The molecule has 4 rings (SSSR count). The number of carbonyl (C=O) groups excluding carboxylic acids is 1. The number of nitrogens with one attached hydrogen (secondary N) is 1.